The molecular formula is C17H24N4OS. The van der Waals surface area contributed by atoms with Crippen molar-refractivity contribution in [3.8, 4) is 0 Å². The number of hydrogen-bond acceptors (Lipinski definition) is 4. The van der Waals surface area contributed by atoms with E-state index in [1.807, 2.05) is 23.6 Å². The Balaban J connectivity index is 1.91. The number of thiazole rings is 1. The van der Waals surface area contributed by atoms with Crippen molar-refractivity contribution in [2.24, 2.45) is 5.92 Å². The molecule has 0 aliphatic carbocycles. The van der Waals surface area contributed by atoms with Crippen molar-refractivity contribution in [2.75, 3.05) is 0 Å². The molecular weight excluding hydrogens is 308 g/mol. The molecule has 0 bridgehead atoms. The van der Waals surface area contributed by atoms with Gasteiger partial charge in [-0.1, -0.05) is 33.8 Å². The van der Waals surface area contributed by atoms with Crippen LogP contribution in [0.2, 0.25) is 0 Å². The number of pyridine rings is 1. The molecule has 2 amide bonds. The first-order valence-electron chi connectivity index (χ1n) is 7.87. The monoisotopic (exact) mass is 332 g/mol. The molecule has 1 atom stereocenters. The number of rotatable bonds is 6. The van der Waals surface area contributed by atoms with Crippen LogP contribution >= 0.6 is 11.3 Å². The van der Waals surface area contributed by atoms with Crippen LogP contribution in [0.5, 0.6) is 0 Å². The number of nitrogens with one attached hydrogen (secondary N) is 2. The van der Waals surface area contributed by atoms with Gasteiger partial charge >= 0.3 is 6.03 Å². The van der Waals surface area contributed by atoms with Crippen molar-refractivity contribution in [3.05, 3.63) is 46.2 Å². The number of aromatic nitrogens is 2. The van der Waals surface area contributed by atoms with Crippen molar-refractivity contribution in [3.63, 3.8) is 0 Å². The lowest BCUT2D eigenvalue weighted by Gasteiger charge is -2.22. The second kappa shape index (κ2) is 8.06. The Morgan fingerprint density at radius 3 is 2.61 bits per heavy atom. The van der Waals surface area contributed by atoms with E-state index in [1.165, 1.54) is 0 Å². The van der Waals surface area contributed by atoms with Gasteiger partial charge in [0.05, 0.1) is 29.0 Å². The van der Waals surface area contributed by atoms with Crippen molar-refractivity contribution in [1.29, 1.82) is 0 Å². The third-order valence-electron chi connectivity index (χ3n) is 3.45. The third kappa shape index (κ3) is 5.03. The molecule has 2 aromatic rings. The summed E-state index contributed by atoms with van der Waals surface area (Å²) in [5.74, 6) is 0.666. The molecule has 0 fully saturated rings. The van der Waals surface area contributed by atoms with Crippen LogP contribution in [0.25, 0.3) is 0 Å². The van der Waals surface area contributed by atoms with E-state index in [4.69, 9.17) is 0 Å². The Morgan fingerprint density at radius 1 is 1.26 bits per heavy atom. The maximum Gasteiger partial charge on any atom is 0.315 e. The van der Waals surface area contributed by atoms with Crippen molar-refractivity contribution < 1.29 is 4.79 Å². The van der Waals surface area contributed by atoms with Crippen LogP contribution in [0.15, 0.2) is 29.8 Å². The molecule has 0 aliphatic heterocycles. The fourth-order valence-corrected chi connectivity index (χ4v) is 3.01. The molecule has 1 unspecified atom stereocenters. The summed E-state index contributed by atoms with van der Waals surface area (Å²) >= 11 is 1.63. The largest absolute Gasteiger partial charge is 0.332 e. The van der Waals surface area contributed by atoms with Gasteiger partial charge in [0.2, 0.25) is 0 Å². The standard InChI is InChI=1S/C17H24N4OS/c1-11(2)15(14-7-5-6-8-18-14)21-17(22)19-9-13-10-23-16(20-13)12(3)4/h5-8,10-12,15H,9H2,1-4H3,(H2,19,21,22). The van der Waals surface area contributed by atoms with Crippen LogP contribution in [0.1, 0.15) is 56.1 Å². The minimum atomic E-state index is -0.201. The van der Waals surface area contributed by atoms with Crippen molar-refractivity contribution in [1.82, 2.24) is 20.6 Å². The molecule has 0 aliphatic rings. The number of carbonyl (C=O) groups excluding carboxylic acids is 1. The van der Waals surface area contributed by atoms with Crippen LogP contribution in [0.4, 0.5) is 4.79 Å². The number of urea groups is 1. The van der Waals surface area contributed by atoms with E-state index in [1.54, 1.807) is 17.5 Å². The Bertz CT molecular complexity index is 625. The van der Waals surface area contributed by atoms with Gasteiger partial charge in [0, 0.05) is 17.5 Å². The second-order valence-electron chi connectivity index (χ2n) is 6.14. The normalized spacial score (nSPS) is 12.4. The fourth-order valence-electron chi connectivity index (χ4n) is 2.17. The zero-order chi connectivity index (χ0) is 16.8. The average molecular weight is 332 g/mol. The maximum atomic E-state index is 12.2. The van der Waals surface area contributed by atoms with Gasteiger partial charge in [-0.05, 0) is 18.1 Å². The Hall–Kier alpha value is -1.95. The Kier molecular flexibility index (Phi) is 6.10. The Labute approximate surface area is 141 Å². The van der Waals surface area contributed by atoms with E-state index in [0.717, 1.165) is 16.4 Å². The zero-order valence-electron chi connectivity index (χ0n) is 14.0. The lowest BCUT2D eigenvalue weighted by atomic mass is 10.0. The average Bonchev–Trinajstić information content (AvgIpc) is 3.00. The third-order valence-corrected chi connectivity index (χ3v) is 4.65. The molecule has 124 valence electrons. The van der Waals surface area contributed by atoms with Crippen LogP contribution in [0.3, 0.4) is 0 Å². The van der Waals surface area contributed by atoms with Gasteiger partial charge in [0.25, 0.3) is 0 Å². The highest BCUT2D eigenvalue weighted by atomic mass is 32.1. The summed E-state index contributed by atoms with van der Waals surface area (Å²) in [7, 11) is 0. The minimum Gasteiger partial charge on any atom is -0.332 e. The number of carbonyl (C=O) groups is 1. The SMILES string of the molecule is CC(C)c1nc(CNC(=O)NC(c2ccccn2)C(C)C)cs1. The molecule has 0 spiro atoms. The van der Waals surface area contributed by atoms with Gasteiger partial charge in [-0.2, -0.15) is 0 Å². The second-order valence-corrected chi connectivity index (χ2v) is 7.02. The minimum absolute atomic E-state index is 0.113. The predicted octanol–water partition coefficient (Wildman–Crippen LogP) is 3.86. The molecule has 6 heteroatoms. The van der Waals surface area contributed by atoms with Crippen molar-refractivity contribution in [2.45, 2.75) is 46.2 Å². The molecule has 2 aromatic heterocycles. The van der Waals surface area contributed by atoms with E-state index in [-0.39, 0.29) is 18.0 Å². The maximum absolute atomic E-state index is 12.2. The first-order chi connectivity index (χ1) is 11.0. The fraction of sp³-hybridized carbons (Fsp3) is 0.471. The quantitative estimate of drug-likeness (QED) is 0.844. The Morgan fingerprint density at radius 2 is 2.04 bits per heavy atom. The van der Waals surface area contributed by atoms with Gasteiger partial charge < -0.3 is 10.6 Å². The number of nitrogens with zero attached hydrogens (tertiary/aromatic N) is 2. The summed E-state index contributed by atoms with van der Waals surface area (Å²) in [4.78, 5) is 21.0. The highest BCUT2D eigenvalue weighted by Gasteiger charge is 2.19. The van der Waals surface area contributed by atoms with E-state index >= 15 is 0 Å². The smallest absolute Gasteiger partial charge is 0.315 e. The summed E-state index contributed by atoms with van der Waals surface area (Å²) in [5, 5.41) is 8.96. The number of hydrogen-bond donors (Lipinski definition) is 2. The van der Waals surface area contributed by atoms with E-state index in [9.17, 15) is 4.79 Å². The molecule has 2 heterocycles. The van der Waals surface area contributed by atoms with E-state index in [2.05, 4.69) is 48.3 Å². The van der Waals surface area contributed by atoms with E-state index < -0.39 is 0 Å². The van der Waals surface area contributed by atoms with Crippen LogP contribution in [-0.2, 0) is 6.54 Å². The van der Waals surface area contributed by atoms with Crippen LogP contribution in [-0.4, -0.2) is 16.0 Å². The summed E-state index contributed by atoms with van der Waals surface area (Å²) in [6.45, 7) is 8.79. The highest BCUT2D eigenvalue weighted by Crippen LogP contribution is 2.20. The first-order valence-corrected chi connectivity index (χ1v) is 8.75. The summed E-state index contributed by atoms with van der Waals surface area (Å²) in [6.07, 6.45) is 1.74. The molecule has 0 aromatic carbocycles. The molecule has 0 saturated carbocycles. The molecule has 23 heavy (non-hydrogen) atoms. The zero-order valence-corrected chi connectivity index (χ0v) is 14.9. The molecule has 2 N–H and O–H groups in total. The van der Waals surface area contributed by atoms with Gasteiger partial charge in [-0.15, -0.1) is 11.3 Å². The summed E-state index contributed by atoms with van der Waals surface area (Å²) in [5.41, 5.74) is 1.76. The van der Waals surface area contributed by atoms with Gasteiger partial charge in [-0.25, -0.2) is 9.78 Å². The molecule has 0 saturated heterocycles. The lowest BCUT2D eigenvalue weighted by molar-refractivity contribution is 0.232. The van der Waals surface area contributed by atoms with Crippen LogP contribution < -0.4 is 10.6 Å². The molecule has 0 radical (unpaired) electrons. The lowest BCUT2D eigenvalue weighted by Crippen LogP contribution is -2.39. The van der Waals surface area contributed by atoms with Gasteiger partial charge in [-0.3, -0.25) is 4.98 Å². The first kappa shape index (κ1) is 17.4. The topological polar surface area (TPSA) is 66.9 Å². The van der Waals surface area contributed by atoms with Gasteiger partial charge in [0.1, 0.15) is 0 Å². The summed E-state index contributed by atoms with van der Waals surface area (Å²) < 4.78 is 0. The van der Waals surface area contributed by atoms with Gasteiger partial charge in [0.15, 0.2) is 0 Å². The number of amides is 2. The molecule has 5 nitrogen and oxygen atoms in total. The van der Waals surface area contributed by atoms with Crippen molar-refractivity contribution >= 4 is 17.4 Å². The van der Waals surface area contributed by atoms with E-state index in [0.29, 0.717) is 12.5 Å². The molecule has 2 rings (SSSR count). The predicted molar refractivity (Wildman–Crippen MR) is 93.4 cm³/mol. The van der Waals surface area contributed by atoms with Crippen LogP contribution in [0, 0.1) is 5.92 Å². The highest BCUT2D eigenvalue weighted by molar-refractivity contribution is 7.09. The summed E-state index contributed by atoms with van der Waals surface area (Å²) in [6, 6.07) is 5.42.